The van der Waals surface area contributed by atoms with Crippen LogP contribution in [0.4, 0.5) is 0 Å². The fourth-order valence-corrected chi connectivity index (χ4v) is 0.898. The quantitative estimate of drug-likeness (QED) is 0.441. The zero-order chi connectivity index (χ0) is 12.0. The summed E-state index contributed by atoms with van der Waals surface area (Å²) in [6, 6.07) is -2.26. The maximum atomic E-state index is 11.2. The fraction of sp³-hybridized carbons (Fsp3) is 0.625. The van der Waals surface area contributed by atoms with Crippen molar-refractivity contribution in [1.29, 1.82) is 0 Å². The molecule has 1 unspecified atom stereocenters. The van der Waals surface area contributed by atoms with E-state index in [1.54, 1.807) is 6.92 Å². The Balaban J connectivity index is 4.21. The molecule has 7 heteroatoms. The molecular weight excluding hydrogens is 204 g/mol. The van der Waals surface area contributed by atoms with Crippen molar-refractivity contribution in [3.05, 3.63) is 0 Å². The topological polar surface area (TPSA) is 130 Å². The molecule has 0 aromatic heterocycles. The lowest BCUT2D eigenvalue weighted by Crippen LogP contribution is -2.48. The summed E-state index contributed by atoms with van der Waals surface area (Å²) in [7, 11) is 0. The maximum absolute atomic E-state index is 11.2. The molecule has 7 nitrogen and oxygen atoms in total. The van der Waals surface area contributed by atoms with Crippen LogP contribution in [0.5, 0.6) is 0 Å². The Kier molecular flexibility index (Phi) is 5.32. The van der Waals surface area contributed by atoms with Gasteiger partial charge in [0.05, 0.1) is 12.5 Å². The van der Waals surface area contributed by atoms with Crippen molar-refractivity contribution < 1.29 is 24.6 Å². The molecule has 5 N–H and O–H groups in total. The number of aliphatic carboxylic acids is 2. The summed E-state index contributed by atoms with van der Waals surface area (Å²) in [5.41, 5.74) is 5.24. The predicted molar refractivity (Wildman–Crippen MR) is 50.1 cm³/mol. The first-order valence-electron chi connectivity index (χ1n) is 4.39. The van der Waals surface area contributed by atoms with Crippen LogP contribution in [0, 0.1) is 0 Å². The predicted octanol–water partition coefficient (Wildman–Crippen LogP) is -1.23. The highest BCUT2D eigenvalue weighted by Gasteiger charge is 2.22. The van der Waals surface area contributed by atoms with E-state index in [1.807, 2.05) is 0 Å². The van der Waals surface area contributed by atoms with Gasteiger partial charge in [-0.05, 0) is 6.42 Å². The molecule has 0 fully saturated rings. The molecule has 0 saturated carbocycles. The third-order valence-electron chi connectivity index (χ3n) is 1.75. The molecule has 0 radical (unpaired) electrons. The molecule has 1 amide bonds. The van der Waals surface area contributed by atoms with Crippen LogP contribution in [0.3, 0.4) is 0 Å². The Morgan fingerprint density at radius 1 is 1.33 bits per heavy atom. The van der Waals surface area contributed by atoms with Gasteiger partial charge in [-0.2, -0.15) is 0 Å². The summed E-state index contributed by atoms with van der Waals surface area (Å²) in [6.07, 6.45) is -0.317. The fourth-order valence-electron chi connectivity index (χ4n) is 0.898. The zero-order valence-corrected chi connectivity index (χ0v) is 8.27. The largest absolute Gasteiger partial charge is 0.481 e. The van der Waals surface area contributed by atoms with E-state index in [1.165, 1.54) is 0 Å². The first-order chi connectivity index (χ1) is 6.88. The first-order valence-corrected chi connectivity index (χ1v) is 4.39. The number of nitrogens with one attached hydrogen (secondary N) is 1. The lowest BCUT2D eigenvalue weighted by atomic mass is 10.1. The molecule has 2 atom stereocenters. The zero-order valence-electron chi connectivity index (χ0n) is 8.27. The first kappa shape index (κ1) is 13.4. The SMILES string of the molecule is CC[C@H](NC(=O)C(N)CC(=O)O)C(=O)O. The summed E-state index contributed by atoms with van der Waals surface area (Å²) in [4.78, 5) is 32.0. The van der Waals surface area contributed by atoms with Crippen molar-refractivity contribution in [2.24, 2.45) is 5.73 Å². The Morgan fingerprint density at radius 3 is 2.20 bits per heavy atom. The van der Waals surface area contributed by atoms with Crippen molar-refractivity contribution in [1.82, 2.24) is 5.32 Å². The van der Waals surface area contributed by atoms with Gasteiger partial charge < -0.3 is 21.3 Å². The van der Waals surface area contributed by atoms with Gasteiger partial charge >= 0.3 is 11.9 Å². The van der Waals surface area contributed by atoms with Crippen LogP contribution >= 0.6 is 0 Å². The molecular formula is C8H14N2O5. The Bertz CT molecular complexity index is 266. The number of hydrogen-bond acceptors (Lipinski definition) is 4. The molecule has 0 aliphatic rings. The Morgan fingerprint density at radius 2 is 1.87 bits per heavy atom. The third kappa shape index (κ3) is 4.96. The van der Waals surface area contributed by atoms with Gasteiger partial charge in [0.2, 0.25) is 5.91 Å². The average Bonchev–Trinajstić information content (AvgIpc) is 2.11. The second-order valence-electron chi connectivity index (χ2n) is 3.01. The van der Waals surface area contributed by atoms with E-state index in [9.17, 15) is 14.4 Å². The second kappa shape index (κ2) is 5.97. The van der Waals surface area contributed by atoms with Crippen LogP contribution in [-0.2, 0) is 14.4 Å². The molecule has 15 heavy (non-hydrogen) atoms. The molecule has 0 saturated heterocycles. The molecule has 0 aliphatic carbocycles. The van der Waals surface area contributed by atoms with E-state index in [0.717, 1.165) is 0 Å². The van der Waals surface area contributed by atoms with Crippen LogP contribution in [0.15, 0.2) is 0 Å². The van der Waals surface area contributed by atoms with E-state index < -0.39 is 36.4 Å². The summed E-state index contributed by atoms with van der Waals surface area (Å²) in [6.45, 7) is 1.59. The number of carbonyl (C=O) groups excluding carboxylic acids is 1. The molecule has 0 aromatic carbocycles. The van der Waals surface area contributed by atoms with Gasteiger partial charge in [-0.15, -0.1) is 0 Å². The number of nitrogens with two attached hydrogens (primary N) is 1. The summed E-state index contributed by atoms with van der Waals surface area (Å²) in [5.74, 6) is -3.15. The van der Waals surface area contributed by atoms with Crippen molar-refractivity contribution in [3.8, 4) is 0 Å². The molecule has 86 valence electrons. The van der Waals surface area contributed by atoms with E-state index in [0.29, 0.717) is 0 Å². The van der Waals surface area contributed by atoms with E-state index in [-0.39, 0.29) is 6.42 Å². The smallest absolute Gasteiger partial charge is 0.326 e. The van der Waals surface area contributed by atoms with Crippen LogP contribution in [0.25, 0.3) is 0 Å². The highest BCUT2D eigenvalue weighted by molar-refractivity contribution is 5.89. The standard InChI is InChI=1S/C8H14N2O5/c1-2-5(8(14)15)10-7(13)4(9)3-6(11)12/h4-5H,2-3,9H2,1H3,(H,10,13)(H,11,12)(H,14,15)/t4?,5-/m0/s1. The lowest BCUT2D eigenvalue weighted by molar-refractivity contribution is -0.142. The Hall–Kier alpha value is -1.63. The number of carbonyl (C=O) groups is 3. The van der Waals surface area contributed by atoms with E-state index in [2.05, 4.69) is 5.32 Å². The van der Waals surface area contributed by atoms with Crippen LogP contribution < -0.4 is 11.1 Å². The van der Waals surface area contributed by atoms with Gasteiger partial charge in [0, 0.05) is 0 Å². The number of carboxylic acids is 2. The molecule has 0 rings (SSSR count). The van der Waals surface area contributed by atoms with Gasteiger partial charge in [0.15, 0.2) is 0 Å². The summed E-state index contributed by atoms with van der Waals surface area (Å²) >= 11 is 0. The van der Waals surface area contributed by atoms with Crippen LogP contribution in [0.1, 0.15) is 19.8 Å². The highest BCUT2D eigenvalue weighted by Crippen LogP contribution is 1.94. The third-order valence-corrected chi connectivity index (χ3v) is 1.75. The Labute approximate surface area is 86.3 Å². The minimum absolute atomic E-state index is 0.209. The highest BCUT2D eigenvalue weighted by atomic mass is 16.4. The number of amides is 1. The van der Waals surface area contributed by atoms with Gasteiger partial charge in [-0.3, -0.25) is 9.59 Å². The number of hydrogen-bond donors (Lipinski definition) is 4. The second-order valence-corrected chi connectivity index (χ2v) is 3.01. The van der Waals surface area contributed by atoms with Gasteiger partial charge in [0.25, 0.3) is 0 Å². The molecule has 0 heterocycles. The minimum atomic E-state index is -1.23. The van der Waals surface area contributed by atoms with Crippen molar-refractivity contribution >= 4 is 17.8 Å². The van der Waals surface area contributed by atoms with Crippen molar-refractivity contribution in [3.63, 3.8) is 0 Å². The molecule has 0 aliphatic heterocycles. The van der Waals surface area contributed by atoms with E-state index >= 15 is 0 Å². The maximum Gasteiger partial charge on any atom is 0.326 e. The van der Waals surface area contributed by atoms with Gasteiger partial charge in [-0.1, -0.05) is 6.92 Å². The van der Waals surface area contributed by atoms with Crippen LogP contribution in [0.2, 0.25) is 0 Å². The number of carboxylic acid groups (broad SMARTS) is 2. The normalized spacial score (nSPS) is 14.0. The molecule has 0 spiro atoms. The molecule has 0 aromatic rings. The van der Waals surface area contributed by atoms with Gasteiger partial charge in [0.1, 0.15) is 6.04 Å². The average molecular weight is 218 g/mol. The molecule has 0 bridgehead atoms. The monoisotopic (exact) mass is 218 g/mol. The van der Waals surface area contributed by atoms with E-state index in [4.69, 9.17) is 15.9 Å². The lowest BCUT2D eigenvalue weighted by Gasteiger charge is -2.15. The van der Waals surface area contributed by atoms with Crippen molar-refractivity contribution in [2.45, 2.75) is 31.8 Å². The number of rotatable bonds is 6. The van der Waals surface area contributed by atoms with Gasteiger partial charge in [-0.25, -0.2) is 4.79 Å². The van der Waals surface area contributed by atoms with Crippen molar-refractivity contribution in [2.75, 3.05) is 0 Å². The van der Waals surface area contributed by atoms with Crippen LogP contribution in [-0.4, -0.2) is 40.1 Å². The summed E-state index contributed by atoms with van der Waals surface area (Å²) in [5, 5.41) is 19.1. The minimum Gasteiger partial charge on any atom is -0.481 e. The summed E-state index contributed by atoms with van der Waals surface area (Å²) < 4.78 is 0.